The SMILES string of the molecule is COc1cccc(CNC(=O)c2cnc([C@@H]3CCNC3)nc2C)c1. The average Bonchev–Trinajstić information content (AvgIpc) is 3.14. The molecular weight excluding hydrogens is 304 g/mol. The van der Waals surface area contributed by atoms with E-state index in [9.17, 15) is 4.79 Å². The highest BCUT2D eigenvalue weighted by atomic mass is 16.5. The molecule has 0 unspecified atom stereocenters. The average molecular weight is 326 g/mol. The Morgan fingerprint density at radius 3 is 3.04 bits per heavy atom. The minimum Gasteiger partial charge on any atom is -0.497 e. The van der Waals surface area contributed by atoms with Crippen LogP contribution in [0.3, 0.4) is 0 Å². The van der Waals surface area contributed by atoms with Crippen LogP contribution in [0, 0.1) is 6.92 Å². The van der Waals surface area contributed by atoms with Gasteiger partial charge in [-0.2, -0.15) is 0 Å². The number of hydrogen-bond donors (Lipinski definition) is 2. The van der Waals surface area contributed by atoms with Crippen LogP contribution in [0.4, 0.5) is 0 Å². The summed E-state index contributed by atoms with van der Waals surface area (Å²) in [6.45, 7) is 4.19. The smallest absolute Gasteiger partial charge is 0.254 e. The quantitative estimate of drug-likeness (QED) is 0.876. The first kappa shape index (κ1) is 16.4. The number of carbonyl (C=O) groups is 1. The number of amides is 1. The van der Waals surface area contributed by atoms with Gasteiger partial charge < -0.3 is 15.4 Å². The standard InChI is InChI=1S/C18H22N4O2/c1-12-16(11-20-17(22-12)14-6-7-19-10-14)18(23)21-9-13-4-3-5-15(8-13)24-2/h3-5,8,11,14,19H,6-7,9-10H2,1-2H3,(H,21,23)/t14-/m1/s1. The molecule has 0 radical (unpaired) electrons. The highest BCUT2D eigenvalue weighted by molar-refractivity contribution is 5.94. The van der Waals surface area contributed by atoms with E-state index in [4.69, 9.17) is 4.74 Å². The van der Waals surface area contributed by atoms with Crippen molar-refractivity contribution in [3.63, 3.8) is 0 Å². The van der Waals surface area contributed by atoms with Gasteiger partial charge >= 0.3 is 0 Å². The lowest BCUT2D eigenvalue weighted by Gasteiger charge is -2.11. The van der Waals surface area contributed by atoms with Crippen LogP contribution < -0.4 is 15.4 Å². The van der Waals surface area contributed by atoms with Crippen molar-refractivity contribution in [2.75, 3.05) is 20.2 Å². The van der Waals surface area contributed by atoms with E-state index in [1.54, 1.807) is 13.3 Å². The number of nitrogens with one attached hydrogen (secondary N) is 2. The number of ether oxygens (including phenoxy) is 1. The second-order valence-corrected chi connectivity index (χ2v) is 5.95. The molecule has 1 fully saturated rings. The van der Waals surface area contributed by atoms with Gasteiger partial charge in [0.05, 0.1) is 18.4 Å². The molecule has 3 rings (SSSR count). The van der Waals surface area contributed by atoms with Crippen molar-refractivity contribution in [3.8, 4) is 5.75 Å². The van der Waals surface area contributed by atoms with E-state index in [0.717, 1.165) is 42.3 Å². The molecule has 1 aromatic carbocycles. The number of carbonyl (C=O) groups excluding carboxylic acids is 1. The van der Waals surface area contributed by atoms with Crippen LogP contribution in [0.1, 0.15) is 39.8 Å². The molecule has 1 aromatic heterocycles. The van der Waals surface area contributed by atoms with Gasteiger partial charge in [-0.05, 0) is 37.6 Å². The molecule has 1 aliphatic heterocycles. The molecule has 1 saturated heterocycles. The van der Waals surface area contributed by atoms with Gasteiger partial charge in [0, 0.05) is 25.2 Å². The fraction of sp³-hybridized carbons (Fsp3) is 0.389. The maximum Gasteiger partial charge on any atom is 0.254 e. The van der Waals surface area contributed by atoms with Crippen LogP contribution in [0.2, 0.25) is 0 Å². The molecule has 0 bridgehead atoms. The van der Waals surface area contributed by atoms with E-state index in [0.29, 0.717) is 18.0 Å². The number of benzene rings is 1. The zero-order chi connectivity index (χ0) is 16.9. The molecule has 0 spiro atoms. The predicted molar refractivity (Wildman–Crippen MR) is 91.2 cm³/mol. The second-order valence-electron chi connectivity index (χ2n) is 5.95. The van der Waals surface area contributed by atoms with Crippen molar-refractivity contribution in [2.24, 2.45) is 0 Å². The largest absolute Gasteiger partial charge is 0.497 e. The number of rotatable bonds is 5. The van der Waals surface area contributed by atoms with Gasteiger partial charge in [-0.3, -0.25) is 4.79 Å². The van der Waals surface area contributed by atoms with Crippen molar-refractivity contribution in [2.45, 2.75) is 25.8 Å². The van der Waals surface area contributed by atoms with Crippen LogP contribution in [-0.2, 0) is 6.54 Å². The highest BCUT2D eigenvalue weighted by Crippen LogP contribution is 2.19. The highest BCUT2D eigenvalue weighted by Gasteiger charge is 2.21. The summed E-state index contributed by atoms with van der Waals surface area (Å²) in [5, 5.41) is 6.22. The third-order valence-electron chi connectivity index (χ3n) is 4.26. The van der Waals surface area contributed by atoms with E-state index >= 15 is 0 Å². The molecule has 0 saturated carbocycles. The Morgan fingerprint density at radius 1 is 1.46 bits per heavy atom. The normalized spacial score (nSPS) is 16.8. The summed E-state index contributed by atoms with van der Waals surface area (Å²) in [5.41, 5.74) is 2.22. The van der Waals surface area contributed by atoms with Gasteiger partial charge in [0.25, 0.3) is 5.91 Å². The Labute approximate surface area is 141 Å². The topological polar surface area (TPSA) is 76.1 Å². The lowest BCUT2D eigenvalue weighted by atomic mass is 10.1. The number of aryl methyl sites for hydroxylation is 1. The molecule has 2 aromatic rings. The Balaban J connectivity index is 1.66. The molecule has 24 heavy (non-hydrogen) atoms. The summed E-state index contributed by atoms with van der Waals surface area (Å²) >= 11 is 0. The summed E-state index contributed by atoms with van der Waals surface area (Å²) < 4.78 is 5.19. The minimum atomic E-state index is -0.161. The van der Waals surface area contributed by atoms with Crippen molar-refractivity contribution < 1.29 is 9.53 Å². The summed E-state index contributed by atoms with van der Waals surface area (Å²) in [4.78, 5) is 21.3. The fourth-order valence-electron chi connectivity index (χ4n) is 2.84. The molecular formula is C18H22N4O2. The van der Waals surface area contributed by atoms with Crippen LogP contribution in [0.15, 0.2) is 30.5 Å². The Morgan fingerprint density at radius 2 is 2.33 bits per heavy atom. The minimum absolute atomic E-state index is 0.161. The molecule has 1 atom stereocenters. The second kappa shape index (κ2) is 7.40. The summed E-state index contributed by atoms with van der Waals surface area (Å²) in [6.07, 6.45) is 2.68. The zero-order valence-electron chi connectivity index (χ0n) is 14.0. The number of nitrogens with zero attached hydrogens (tertiary/aromatic N) is 2. The summed E-state index contributed by atoms with van der Waals surface area (Å²) in [5.74, 6) is 1.78. The Bertz CT molecular complexity index is 727. The van der Waals surface area contributed by atoms with Crippen LogP contribution in [-0.4, -0.2) is 36.1 Å². The first-order valence-corrected chi connectivity index (χ1v) is 8.12. The van der Waals surface area contributed by atoms with Crippen molar-refractivity contribution in [1.29, 1.82) is 0 Å². The van der Waals surface area contributed by atoms with Crippen LogP contribution >= 0.6 is 0 Å². The molecule has 2 N–H and O–H groups in total. The monoisotopic (exact) mass is 326 g/mol. The van der Waals surface area contributed by atoms with Gasteiger partial charge in [0.15, 0.2) is 0 Å². The number of aromatic nitrogens is 2. The lowest BCUT2D eigenvalue weighted by molar-refractivity contribution is 0.0949. The lowest BCUT2D eigenvalue weighted by Crippen LogP contribution is -2.24. The maximum atomic E-state index is 12.4. The Kier molecular flexibility index (Phi) is 5.05. The zero-order valence-corrected chi connectivity index (χ0v) is 14.0. The van der Waals surface area contributed by atoms with Crippen LogP contribution in [0.25, 0.3) is 0 Å². The first-order chi connectivity index (χ1) is 11.7. The fourth-order valence-corrected chi connectivity index (χ4v) is 2.84. The first-order valence-electron chi connectivity index (χ1n) is 8.12. The molecule has 126 valence electrons. The van der Waals surface area contributed by atoms with Gasteiger partial charge in [-0.25, -0.2) is 9.97 Å². The third-order valence-corrected chi connectivity index (χ3v) is 4.26. The molecule has 1 amide bonds. The third kappa shape index (κ3) is 3.71. The summed E-state index contributed by atoms with van der Waals surface area (Å²) in [6, 6.07) is 7.63. The van der Waals surface area contributed by atoms with Crippen molar-refractivity contribution in [3.05, 3.63) is 53.1 Å². The van der Waals surface area contributed by atoms with Crippen molar-refractivity contribution >= 4 is 5.91 Å². The maximum absolute atomic E-state index is 12.4. The van der Waals surface area contributed by atoms with E-state index in [-0.39, 0.29) is 5.91 Å². The molecule has 6 heteroatoms. The van der Waals surface area contributed by atoms with E-state index in [1.807, 2.05) is 31.2 Å². The van der Waals surface area contributed by atoms with Crippen LogP contribution in [0.5, 0.6) is 5.75 Å². The number of methoxy groups -OCH3 is 1. The van der Waals surface area contributed by atoms with Gasteiger partial charge in [-0.1, -0.05) is 12.1 Å². The van der Waals surface area contributed by atoms with E-state index < -0.39 is 0 Å². The van der Waals surface area contributed by atoms with Crippen molar-refractivity contribution in [1.82, 2.24) is 20.6 Å². The molecule has 2 heterocycles. The summed E-state index contributed by atoms with van der Waals surface area (Å²) in [7, 11) is 1.62. The van der Waals surface area contributed by atoms with Gasteiger partial charge in [0.2, 0.25) is 0 Å². The van der Waals surface area contributed by atoms with E-state index in [2.05, 4.69) is 20.6 Å². The Hall–Kier alpha value is -2.47. The van der Waals surface area contributed by atoms with Gasteiger partial charge in [0.1, 0.15) is 11.6 Å². The molecule has 0 aliphatic carbocycles. The number of hydrogen-bond acceptors (Lipinski definition) is 5. The molecule has 1 aliphatic rings. The molecule has 6 nitrogen and oxygen atoms in total. The predicted octanol–water partition coefficient (Wildman–Crippen LogP) is 1.80. The van der Waals surface area contributed by atoms with E-state index in [1.165, 1.54) is 0 Å². The van der Waals surface area contributed by atoms with Gasteiger partial charge in [-0.15, -0.1) is 0 Å².